The molecule has 21 heavy (non-hydrogen) atoms. The van der Waals surface area contributed by atoms with Gasteiger partial charge in [0.2, 0.25) is 0 Å². The van der Waals surface area contributed by atoms with E-state index >= 15 is 0 Å². The molecular formula is C14H11ClIN5. The minimum Gasteiger partial charge on any atom is -0.355 e. The molecule has 0 aliphatic rings. The number of halogens is 2. The fraction of sp³-hybridized carbons (Fsp3) is 0.0714. The highest BCUT2D eigenvalue weighted by molar-refractivity contribution is 14.1. The zero-order chi connectivity index (χ0) is 14.8. The van der Waals surface area contributed by atoms with Crippen molar-refractivity contribution >= 4 is 45.6 Å². The van der Waals surface area contributed by atoms with Gasteiger partial charge in [0.1, 0.15) is 0 Å². The summed E-state index contributed by atoms with van der Waals surface area (Å²) < 4.78 is 1.20. The number of nitrogens with one attached hydrogen (secondary N) is 2. The van der Waals surface area contributed by atoms with Crippen LogP contribution >= 0.6 is 34.2 Å². The zero-order valence-electron chi connectivity index (χ0n) is 11.1. The second-order valence-electron chi connectivity index (χ2n) is 4.52. The number of hydrogen-bond acceptors (Lipinski definition) is 4. The molecule has 106 valence electrons. The molecule has 1 aromatic heterocycles. The van der Waals surface area contributed by atoms with Crippen LogP contribution in [0, 0.1) is 10.5 Å². The Kier molecular flexibility index (Phi) is 4.07. The summed E-state index contributed by atoms with van der Waals surface area (Å²) in [6, 6.07) is 11.8. The molecule has 1 heterocycles. The highest BCUT2D eigenvalue weighted by Gasteiger charge is 2.11. The number of hydrogen-bond donors (Lipinski definition) is 2. The number of anilines is 2. The van der Waals surface area contributed by atoms with Crippen LogP contribution in [0.15, 0.2) is 36.4 Å². The lowest BCUT2D eigenvalue weighted by Crippen LogP contribution is -1.97. The second-order valence-corrected chi connectivity index (χ2v) is 6.21. The quantitative estimate of drug-likeness (QED) is 0.635. The van der Waals surface area contributed by atoms with Crippen LogP contribution in [0.5, 0.6) is 0 Å². The second kappa shape index (κ2) is 5.98. The first-order valence-electron chi connectivity index (χ1n) is 6.20. The summed E-state index contributed by atoms with van der Waals surface area (Å²) in [4.78, 5) is 0. The third-order valence-electron chi connectivity index (χ3n) is 3.04. The van der Waals surface area contributed by atoms with Crippen LogP contribution < -0.4 is 5.32 Å². The molecule has 3 rings (SSSR count). The molecule has 0 unspecified atom stereocenters. The Morgan fingerprint density at radius 3 is 2.67 bits per heavy atom. The molecule has 0 radical (unpaired) electrons. The van der Waals surface area contributed by atoms with Crippen molar-refractivity contribution in [2.24, 2.45) is 0 Å². The molecule has 0 fully saturated rings. The van der Waals surface area contributed by atoms with E-state index in [1.807, 2.05) is 24.3 Å². The Morgan fingerprint density at radius 1 is 1.14 bits per heavy atom. The molecule has 5 nitrogen and oxygen atoms in total. The van der Waals surface area contributed by atoms with Gasteiger partial charge in [0.25, 0.3) is 0 Å². The summed E-state index contributed by atoms with van der Waals surface area (Å²) in [5.74, 6) is 0.572. The number of aryl methyl sites for hydroxylation is 1. The SMILES string of the molecule is Cc1cc(I)ccc1Nc1ccc(Cl)cc1-c1nnn[nH]1. The first kappa shape index (κ1) is 14.3. The summed E-state index contributed by atoms with van der Waals surface area (Å²) in [6.07, 6.45) is 0. The van der Waals surface area contributed by atoms with E-state index in [1.54, 1.807) is 0 Å². The van der Waals surface area contributed by atoms with E-state index in [9.17, 15) is 0 Å². The maximum atomic E-state index is 6.08. The topological polar surface area (TPSA) is 66.5 Å². The van der Waals surface area contributed by atoms with Gasteiger partial charge in [-0.05, 0) is 81.9 Å². The van der Waals surface area contributed by atoms with Gasteiger partial charge in [-0.3, -0.25) is 0 Å². The van der Waals surface area contributed by atoms with E-state index in [1.165, 1.54) is 9.13 Å². The molecule has 0 amide bonds. The van der Waals surface area contributed by atoms with Gasteiger partial charge in [-0.2, -0.15) is 0 Å². The molecular weight excluding hydrogens is 401 g/mol. The van der Waals surface area contributed by atoms with Crippen LogP contribution in [0.4, 0.5) is 11.4 Å². The van der Waals surface area contributed by atoms with Crippen LogP contribution in [-0.2, 0) is 0 Å². The number of benzene rings is 2. The maximum absolute atomic E-state index is 6.08. The highest BCUT2D eigenvalue weighted by Crippen LogP contribution is 2.31. The van der Waals surface area contributed by atoms with Crippen LogP contribution in [0.2, 0.25) is 5.02 Å². The molecule has 7 heteroatoms. The van der Waals surface area contributed by atoms with E-state index in [4.69, 9.17) is 11.6 Å². The van der Waals surface area contributed by atoms with Crippen LogP contribution in [0.1, 0.15) is 5.56 Å². The Morgan fingerprint density at radius 2 is 1.95 bits per heavy atom. The van der Waals surface area contributed by atoms with E-state index < -0.39 is 0 Å². The number of nitrogens with zero attached hydrogens (tertiary/aromatic N) is 3. The summed E-state index contributed by atoms with van der Waals surface area (Å²) in [6.45, 7) is 2.07. The Hall–Kier alpha value is -1.67. The number of aromatic nitrogens is 4. The number of H-pyrrole nitrogens is 1. The van der Waals surface area contributed by atoms with Crippen molar-refractivity contribution in [1.29, 1.82) is 0 Å². The molecule has 0 atom stereocenters. The summed E-state index contributed by atoms with van der Waals surface area (Å²) in [7, 11) is 0. The lowest BCUT2D eigenvalue weighted by Gasteiger charge is -2.13. The first-order chi connectivity index (χ1) is 10.1. The van der Waals surface area contributed by atoms with E-state index in [0.29, 0.717) is 10.8 Å². The van der Waals surface area contributed by atoms with Gasteiger partial charge in [0, 0.05) is 25.5 Å². The van der Waals surface area contributed by atoms with Crippen molar-refractivity contribution in [3.63, 3.8) is 0 Å². The average Bonchev–Trinajstić information content (AvgIpc) is 2.97. The minimum atomic E-state index is 0.572. The zero-order valence-corrected chi connectivity index (χ0v) is 14.0. The first-order valence-corrected chi connectivity index (χ1v) is 7.66. The number of tetrazole rings is 1. The third-order valence-corrected chi connectivity index (χ3v) is 3.95. The van der Waals surface area contributed by atoms with Gasteiger partial charge in [0.05, 0.1) is 0 Å². The summed E-state index contributed by atoms with van der Waals surface area (Å²) in [5, 5.41) is 18.0. The molecule has 2 aromatic carbocycles. The predicted molar refractivity (Wildman–Crippen MR) is 91.8 cm³/mol. The standard InChI is InChI=1S/C14H11ClIN5/c1-8-6-10(16)3-5-12(8)17-13-4-2-9(15)7-11(13)14-18-20-21-19-14/h2-7,17H,1H3,(H,18,19,20,21). The van der Waals surface area contributed by atoms with Crippen molar-refractivity contribution in [2.75, 3.05) is 5.32 Å². The Balaban J connectivity index is 2.03. The molecule has 0 aliphatic carbocycles. The van der Waals surface area contributed by atoms with E-state index in [-0.39, 0.29) is 0 Å². The minimum absolute atomic E-state index is 0.572. The van der Waals surface area contributed by atoms with Crippen molar-refractivity contribution in [1.82, 2.24) is 20.6 Å². The monoisotopic (exact) mass is 411 g/mol. The van der Waals surface area contributed by atoms with Crippen LogP contribution in [-0.4, -0.2) is 20.6 Å². The maximum Gasteiger partial charge on any atom is 0.181 e. The van der Waals surface area contributed by atoms with E-state index in [0.717, 1.165) is 16.9 Å². The largest absolute Gasteiger partial charge is 0.355 e. The summed E-state index contributed by atoms with van der Waals surface area (Å²) in [5.41, 5.74) is 3.91. The highest BCUT2D eigenvalue weighted by atomic mass is 127. The Bertz CT molecular complexity index is 773. The molecule has 0 saturated heterocycles. The van der Waals surface area contributed by atoms with Gasteiger partial charge in [0.15, 0.2) is 5.82 Å². The van der Waals surface area contributed by atoms with Crippen molar-refractivity contribution < 1.29 is 0 Å². The fourth-order valence-electron chi connectivity index (χ4n) is 2.01. The van der Waals surface area contributed by atoms with Gasteiger partial charge in [-0.25, -0.2) is 5.10 Å². The van der Waals surface area contributed by atoms with Gasteiger partial charge in [-0.15, -0.1) is 5.10 Å². The molecule has 0 spiro atoms. The van der Waals surface area contributed by atoms with Crippen molar-refractivity contribution in [3.05, 3.63) is 50.6 Å². The number of rotatable bonds is 3. The van der Waals surface area contributed by atoms with Gasteiger partial charge in [-0.1, -0.05) is 11.6 Å². The molecule has 0 saturated carbocycles. The van der Waals surface area contributed by atoms with Gasteiger partial charge >= 0.3 is 0 Å². The van der Waals surface area contributed by atoms with Gasteiger partial charge < -0.3 is 5.32 Å². The lowest BCUT2D eigenvalue weighted by molar-refractivity contribution is 0.881. The van der Waals surface area contributed by atoms with Crippen molar-refractivity contribution in [3.8, 4) is 11.4 Å². The van der Waals surface area contributed by atoms with Crippen LogP contribution in [0.25, 0.3) is 11.4 Å². The normalized spacial score (nSPS) is 10.6. The molecule has 0 aliphatic heterocycles. The molecule has 3 aromatic rings. The fourth-order valence-corrected chi connectivity index (χ4v) is 2.83. The number of aromatic amines is 1. The average molecular weight is 412 g/mol. The third kappa shape index (κ3) is 3.16. The molecule has 0 bridgehead atoms. The predicted octanol–water partition coefficient (Wildman–Crippen LogP) is 4.18. The lowest BCUT2D eigenvalue weighted by atomic mass is 10.1. The smallest absolute Gasteiger partial charge is 0.181 e. The summed E-state index contributed by atoms with van der Waals surface area (Å²) >= 11 is 8.37. The molecule has 2 N–H and O–H groups in total. The van der Waals surface area contributed by atoms with Crippen LogP contribution in [0.3, 0.4) is 0 Å². The Labute approximate surface area is 140 Å². The van der Waals surface area contributed by atoms with E-state index in [2.05, 4.69) is 67.6 Å². The van der Waals surface area contributed by atoms with Crippen molar-refractivity contribution in [2.45, 2.75) is 6.92 Å².